The van der Waals surface area contributed by atoms with E-state index in [2.05, 4.69) is 34.4 Å². The number of sulfonamides is 1. The molecule has 2 fully saturated rings. The minimum absolute atomic E-state index is 0.0717. The van der Waals surface area contributed by atoms with E-state index < -0.39 is 21.2 Å². The van der Waals surface area contributed by atoms with E-state index in [1.54, 1.807) is 31.2 Å². The molecule has 6 aliphatic rings. The van der Waals surface area contributed by atoms with Crippen LogP contribution in [0.4, 0.5) is 10.1 Å². The van der Waals surface area contributed by atoms with Crippen LogP contribution in [0, 0.1) is 29.5 Å². The summed E-state index contributed by atoms with van der Waals surface area (Å²) in [7, 11) is -3.99. The van der Waals surface area contributed by atoms with Crippen LogP contribution in [0.15, 0.2) is 42.0 Å². The molecule has 0 spiro atoms. The van der Waals surface area contributed by atoms with Gasteiger partial charge in [0.15, 0.2) is 0 Å². The highest BCUT2D eigenvalue weighted by atomic mass is 35.5. The Balaban J connectivity index is 1.25. The van der Waals surface area contributed by atoms with E-state index in [-0.39, 0.29) is 58.4 Å². The fraction of sp³-hybridized carbons (Fsp3) is 0.625. The second-order valence-corrected chi connectivity index (χ2v) is 18.3. The van der Waals surface area contributed by atoms with Gasteiger partial charge in [-0.2, -0.15) is 0 Å². The number of fused-ring (bicyclic) bond motifs is 5. The molecule has 0 aromatic heterocycles. The molecule has 4 bridgehead atoms. The van der Waals surface area contributed by atoms with Gasteiger partial charge in [0, 0.05) is 38.3 Å². The molecule has 12 heteroatoms. The number of benzene rings is 2. The predicted octanol–water partition coefficient (Wildman–Crippen LogP) is 6.77. The number of ether oxygens (including phenoxy) is 3. The molecule has 52 heavy (non-hydrogen) atoms. The maximum Gasteiger partial charge on any atom is 0.264 e. The van der Waals surface area contributed by atoms with Crippen molar-refractivity contribution in [2.45, 2.75) is 96.3 Å². The summed E-state index contributed by atoms with van der Waals surface area (Å²) in [6.45, 7) is 12.5. The molecular formula is C40H53ClFN3O6S. The second kappa shape index (κ2) is 15.6. The lowest BCUT2D eigenvalue weighted by Crippen LogP contribution is -2.49. The fourth-order valence-corrected chi connectivity index (χ4v) is 10.4. The summed E-state index contributed by atoms with van der Waals surface area (Å²) in [5, 5.41) is -0.680. The van der Waals surface area contributed by atoms with Crippen molar-refractivity contribution in [3.05, 3.63) is 69.5 Å². The van der Waals surface area contributed by atoms with Crippen molar-refractivity contribution in [3.8, 4) is 5.75 Å². The summed E-state index contributed by atoms with van der Waals surface area (Å²) in [4.78, 5) is 18.2. The minimum atomic E-state index is -3.99. The number of halogens is 2. The second-order valence-electron chi connectivity index (χ2n) is 15.8. The van der Waals surface area contributed by atoms with Crippen molar-refractivity contribution in [2.24, 2.45) is 23.7 Å². The number of carbonyl (C=O) groups is 1. The van der Waals surface area contributed by atoms with E-state index in [0.717, 1.165) is 50.9 Å². The summed E-state index contributed by atoms with van der Waals surface area (Å²) in [6, 6.07) is 8.64. The van der Waals surface area contributed by atoms with E-state index in [1.165, 1.54) is 5.57 Å². The zero-order valence-corrected chi connectivity index (χ0v) is 32.4. The number of rotatable bonds is 4. The number of hydrogen-bond acceptors (Lipinski definition) is 8. The molecule has 4 aliphatic heterocycles. The molecule has 1 saturated heterocycles. The SMILES string of the molecule is C[C@@H]1[C@@H](C)S(=O)(=O)NC(=O)c2ccc3c(c2)N(Cc2ccc(Cl)c(F)c2CCCCO3)C[C@@H]2CC[C@H]2[C@@H](OCCN2C[C@@H](C)O[C@@H](C)C2)C2=C[C@H]1C2. The lowest BCUT2D eigenvalue weighted by atomic mass is 9.64. The lowest BCUT2D eigenvalue weighted by Gasteiger charge is -2.48. The molecule has 0 radical (unpaired) electrons. The molecule has 2 aromatic carbocycles. The third-order valence-electron chi connectivity index (χ3n) is 12.2. The highest BCUT2D eigenvalue weighted by molar-refractivity contribution is 7.90. The number of nitrogens with zero attached hydrogens (tertiary/aromatic N) is 2. The Labute approximate surface area is 313 Å². The Morgan fingerprint density at radius 1 is 1.04 bits per heavy atom. The third-order valence-corrected chi connectivity index (χ3v) is 14.4. The third kappa shape index (κ3) is 7.90. The quantitative estimate of drug-likeness (QED) is 0.342. The van der Waals surface area contributed by atoms with Crippen molar-refractivity contribution >= 4 is 33.2 Å². The van der Waals surface area contributed by atoms with Crippen LogP contribution >= 0.6 is 11.6 Å². The van der Waals surface area contributed by atoms with Crippen LogP contribution in [-0.4, -0.2) is 82.2 Å². The van der Waals surface area contributed by atoms with Crippen LogP contribution in [0.25, 0.3) is 0 Å². The summed E-state index contributed by atoms with van der Waals surface area (Å²) in [6.07, 6.45) is 7.29. The van der Waals surface area contributed by atoms with Gasteiger partial charge in [0.1, 0.15) is 11.6 Å². The van der Waals surface area contributed by atoms with E-state index in [9.17, 15) is 13.2 Å². The molecule has 1 N–H and O–H groups in total. The van der Waals surface area contributed by atoms with E-state index >= 15 is 4.39 Å². The zero-order chi connectivity index (χ0) is 36.7. The summed E-state index contributed by atoms with van der Waals surface area (Å²) >= 11 is 6.29. The number of carbonyl (C=O) groups excluding carboxylic acids is 1. The standard InChI is InChI=1S/C40H53ClFN3O6S/c1-24-20-44(21-25(2)51-24)14-16-50-39-32-17-31(18-32)26(3)27(4)52(47,48)43-40(46)28-10-13-37-36(19-28)45(23-30-8-11-34(30)39)22-29-9-12-35(41)38(42)33(29)7-5-6-15-49-37/h9-10,12-13,17,19,24-27,30-31,34,39H,5-8,11,14-16,18,20-23H2,1-4H3,(H,43,46)/t24-,25+,26-,27-,30+,31+,34-,39+/m1/s1. The summed E-state index contributed by atoms with van der Waals surface area (Å²) in [5.74, 6) is -0.0403. The fourth-order valence-electron chi connectivity index (χ4n) is 8.88. The van der Waals surface area contributed by atoms with E-state index in [4.69, 9.17) is 25.8 Å². The molecule has 0 unspecified atom stereocenters. The average Bonchev–Trinajstić information content (AvgIpc) is 3.09. The Bertz CT molecular complexity index is 1780. The summed E-state index contributed by atoms with van der Waals surface area (Å²) in [5.41, 5.74) is 3.59. The van der Waals surface area contributed by atoms with Gasteiger partial charge >= 0.3 is 0 Å². The molecule has 2 aromatic rings. The first-order valence-electron chi connectivity index (χ1n) is 19.1. The van der Waals surface area contributed by atoms with Crippen molar-refractivity contribution in [2.75, 3.05) is 44.3 Å². The first-order chi connectivity index (χ1) is 24.9. The van der Waals surface area contributed by atoms with Crippen molar-refractivity contribution in [3.63, 3.8) is 0 Å². The number of hydrogen-bond donors (Lipinski definition) is 1. The van der Waals surface area contributed by atoms with Crippen molar-refractivity contribution in [1.82, 2.24) is 9.62 Å². The molecule has 284 valence electrons. The molecule has 8 rings (SSSR count). The highest BCUT2D eigenvalue weighted by Gasteiger charge is 2.45. The predicted molar refractivity (Wildman–Crippen MR) is 201 cm³/mol. The Hall–Kier alpha value is -2.70. The maximum absolute atomic E-state index is 15.6. The maximum atomic E-state index is 15.6. The van der Waals surface area contributed by atoms with Gasteiger partial charge in [0.25, 0.3) is 5.91 Å². The molecule has 4 heterocycles. The number of morpholine rings is 1. The van der Waals surface area contributed by atoms with Gasteiger partial charge in [0.2, 0.25) is 10.0 Å². The van der Waals surface area contributed by atoms with Gasteiger partial charge in [-0.15, -0.1) is 0 Å². The van der Waals surface area contributed by atoms with Crippen LogP contribution in [-0.2, 0) is 32.5 Å². The van der Waals surface area contributed by atoms with Crippen molar-refractivity contribution in [1.29, 1.82) is 0 Å². The highest BCUT2D eigenvalue weighted by Crippen LogP contribution is 2.48. The number of anilines is 1. The Morgan fingerprint density at radius 3 is 2.54 bits per heavy atom. The topological polar surface area (TPSA) is 97.4 Å². The first-order valence-corrected chi connectivity index (χ1v) is 21.0. The van der Waals surface area contributed by atoms with E-state index in [1.807, 2.05) is 13.0 Å². The van der Waals surface area contributed by atoms with Gasteiger partial charge in [-0.1, -0.05) is 30.7 Å². The minimum Gasteiger partial charge on any atom is -0.491 e. The molecular weight excluding hydrogens is 705 g/mol. The molecule has 8 atom stereocenters. The lowest BCUT2D eigenvalue weighted by molar-refractivity contribution is -0.0820. The van der Waals surface area contributed by atoms with Crippen molar-refractivity contribution < 1.29 is 31.8 Å². The van der Waals surface area contributed by atoms with Gasteiger partial charge in [0.05, 0.1) is 47.5 Å². The van der Waals surface area contributed by atoms with E-state index in [0.29, 0.717) is 56.1 Å². The largest absolute Gasteiger partial charge is 0.491 e. The molecule has 9 nitrogen and oxygen atoms in total. The van der Waals surface area contributed by atoms with Crippen LogP contribution in [0.3, 0.4) is 0 Å². The summed E-state index contributed by atoms with van der Waals surface area (Å²) < 4.78 is 64.4. The molecule has 1 saturated carbocycles. The first kappa shape index (κ1) is 37.6. The van der Waals surface area contributed by atoms with Crippen LogP contribution in [0.2, 0.25) is 5.02 Å². The zero-order valence-electron chi connectivity index (χ0n) is 30.8. The van der Waals surface area contributed by atoms with Gasteiger partial charge in [-0.3, -0.25) is 9.69 Å². The molecule has 1 amide bonds. The van der Waals surface area contributed by atoms with Crippen LogP contribution in [0.5, 0.6) is 5.75 Å². The molecule has 2 aliphatic carbocycles. The monoisotopic (exact) mass is 757 g/mol. The number of allylic oxidation sites excluding steroid dienone is 1. The Kier molecular flexibility index (Phi) is 11.3. The smallest absolute Gasteiger partial charge is 0.264 e. The normalized spacial score (nSPS) is 32.4. The average molecular weight is 758 g/mol. The van der Waals surface area contributed by atoms with Crippen LogP contribution in [0.1, 0.15) is 81.3 Å². The van der Waals surface area contributed by atoms with Gasteiger partial charge in [-0.05, 0) is 124 Å². The van der Waals surface area contributed by atoms with Gasteiger partial charge in [-0.25, -0.2) is 17.5 Å². The number of nitrogens with one attached hydrogen (secondary N) is 1. The van der Waals surface area contributed by atoms with Crippen LogP contribution < -0.4 is 14.4 Å². The number of amides is 1. The van der Waals surface area contributed by atoms with Gasteiger partial charge < -0.3 is 19.1 Å². The Morgan fingerprint density at radius 2 is 1.81 bits per heavy atom.